The first kappa shape index (κ1) is 15.9. The highest BCUT2D eigenvalue weighted by molar-refractivity contribution is 7.91. The van der Waals surface area contributed by atoms with Crippen molar-refractivity contribution in [3.8, 4) is 0 Å². The average molecular weight is 303 g/mol. The Kier molecular flexibility index (Phi) is 5.34. The van der Waals surface area contributed by atoms with Gasteiger partial charge in [0.2, 0.25) is 0 Å². The Bertz CT molecular complexity index is 500. The molecule has 1 rings (SSSR count). The molecule has 0 spiro atoms. The lowest BCUT2D eigenvalue weighted by Gasteiger charge is -2.17. The fourth-order valence-electron chi connectivity index (χ4n) is 1.19. The first-order chi connectivity index (χ1) is 8.71. The van der Waals surface area contributed by atoms with Gasteiger partial charge in [-0.1, -0.05) is 16.0 Å². The molecule has 0 aliphatic rings. The second-order valence-corrected chi connectivity index (χ2v) is 7.23. The van der Waals surface area contributed by atoms with Crippen LogP contribution in [0.25, 0.3) is 0 Å². The number of hydrogen-bond acceptors (Lipinski definition) is 4. The van der Waals surface area contributed by atoms with Gasteiger partial charge in [0.1, 0.15) is 16.1 Å². The van der Waals surface area contributed by atoms with Crippen LogP contribution in [0.15, 0.2) is 22.6 Å². The average Bonchev–Trinajstić information content (AvgIpc) is 2.29. The van der Waals surface area contributed by atoms with Crippen molar-refractivity contribution in [3.05, 3.63) is 38.9 Å². The van der Waals surface area contributed by atoms with Crippen LogP contribution in [0.5, 0.6) is 0 Å². The highest BCUT2D eigenvalue weighted by atomic mass is 35.5. The van der Waals surface area contributed by atoms with Crippen molar-refractivity contribution in [1.82, 2.24) is 0 Å². The lowest BCUT2D eigenvalue weighted by atomic mass is 10.1. The van der Waals surface area contributed by atoms with E-state index in [4.69, 9.17) is 11.6 Å². The Morgan fingerprint density at radius 3 is 2.63 bits per heavy atom. The van der Waals surface area contributed by atoms with Gasteiger partial charge in [0.05, 0.1) is 11.1 Å². The van der Waals surface area contributed by atoms with Crippen molar-refractivity contribution in [2.45, 2.75) is 31.9 Å². The summed E-state index contributed by atoms with van der Waals surface area (Å²) < 4.78 is 15.2. The van der Waals surface area contributed by atoms with Gasteiger partial charge >= 0.3 is 0 Å². The van der Waals surface area contributed by atoms with Crippen molar-refractivity contribution in [3.63, 3.8) is 0 Å². The first-order valence-electron chi connectivity index (χ1n) is 5.59. The van der Waals surface area contributed by atoms with E-state index < -0.39 is 21.0 Å². The maximum absolute atomic E-state index is 11.7. The summed E-state index contributed by atoms with van der Waals surface area (Å²) in [7, 11) is 0. The molecule has 0 heterocycles. The Labute approximate surface area is 120 Å². The zero-order valence-corrected chi connectivity index (χ0v) is 12.5. The molecular weight excluding hydrogens is 288 g/mol. The van der Waals surface area contributed by atoms with Crippen LogP contribution in [0.3, 0.4) is 0 Å². The molecule has 0 radical (unpaired) electrons. The Morgan fingerprint density at radius 1 is 1.47 bits per heavy atom. The van der Waals surface area contributed by atoms with Gasteiger partial charge in [-0.05, 0) is 32.4 Å². The molecule has 0 saturated heterocycles. The van der Waals surface area contributed by atoms with Crippen LogP contribution in [0, 0.1) is 10.1 Å². The smallest absolute Gasteiger partial charge is 0.269 e. The first-order valence-corrected chi connectivity index (χ1v) is 7.07. The fourth-order valence-corrected chi connectivity index (χ4v) is 1.91. The Morgan fingerprint density at radius 2 is 2.11 bits per heavy atom. The molecular formula is C12H15ClN2O3S. The van der Waals surface area contributed by atoms with Gasteiger partial charge in [0.15, 0.2) is 0 Å². The van der Waals surface area contributed by atoms with Crippen molar-refractivity contribution in [1.29, 1.82) is 0 Å². The molecule has 1 atom stereocenters. The summed E-state index contributed by atoms with van der Waals surface area (Å²) in [6.45, 7) is 5.46. The van der Waals surface area contributed by atoms with Gasteiger partial charge in [-0.15, -0.1) is 0 Å². The predicted molar refractivity (Wildman–Crippen MR) is 78.2 cm³/mol. The third-order valence-corrected chi connectivity index (χ3v) is 4.00. The Hall–Kier alpha value is -1.11. The van der Waals surface area contributed by atoms with Crippen molar-refractivity contribution >= 4 is 34.9 Å². The molecule has 1 aromatic carbocycles. The number of rotatable bonds is 4. The third kappa shape index (κ3) is 4.81. The van der Waals surface area contributed by atoms with Crippen molar-refractivity contribution < 1.29 is 9.48 Å². The largest absolute Gasteiger partial charge is 0.591 e. The molecule has 0 unspecified atom stereocenters. The van der Waals surface area contributed by atoms with Crippen LogP contribution in [0.2, 0.25) is 5.02 Å². The standard InChI is InChI=1S/C12H15ClN2O3S/c1-12(2,3)19(18)14-7-6-9-8-10(15(16)17)4-5-11(9)13/h4-5,7-8H,6H2,1-3H3/b14-7+/t19-/m1/s1. The highest BCUT2D eigenvalue weighted by Crippen LogP contribution is 2.22. The van der Waals surface area contributed by atoms with E-state index in [1.807, 2.05) is 20.8 Å². The van der Waals surface area contributed by atoms with Gasteiger partial charge in [-0.3, -0.25) is 10.1 Å². The van der Waals surface area contributed by atoms with Crippen molar-refractivity contribution in [2.75, 3.05) is 0 Å². The topological polar surface area (TPSA) is 78.6 Å². The predicted octanol–water partition coefficient (Wildman–Crippen LogP) is 3.32. The summed E-state index contributed by atoms with van der Waals surface area (Å²) in [5.74, 6) is 0. The molecule has 0 N–H and O–H groups in total. The Balaban J connectivity index is 2.80. The lowest BCUT2D eigenvalue weighted by Crippen LogP contribution is -2.25. The molecule has 5 nitrogen and oxygen atoms in total. The van der Waals surface area contributed by atoms with Gasteiger partial charge in [-0.2, -0.15) is 0 Å². The van der Waals surface area contributed by atoms with Crippen molar-refractivity contribution in [2.24, 2.45) is 4.40 Å². The number of non-ortho nitro benzene ring substituents is 1. The third-order valence-electron chi connectivity index (χ3n) is 2.25. The van der Waals surface area contributed by atoms with Crippen LogP contribution in [0.1, 0.15) is 26.3 Å². The molecule has 1 aromatic rings. The molecule has 0 aromatic heterocycles. The number of halogens is 1. The number of nitro groups is 1. The van der Waals surface area contributed by atoms with E-state index in [0.717, 1.165) is 0 Å². The maximum Gasteiger partial charge on any atom is 0.269 e. The van der Waals surface area contributed by atoms with Crippen LogP contribution < -0.4 is 0 Å². The molecule has 0 aliphatic carbocycles. The molecule has 19 heavy (non-hydrogen) atoms. The van der Waals surface area contributed by atoms with E-state index in [2.05, 4.69) is 4.40 Å². The zero-order valence-electron chi connectivity index (χ0n) is 10.9. The molecule has 0 bridgehead atoms. The molecule has 0 fully saturated rings. The van der Waals surface area contributed by atoms with E-state index in [9.17, 15) is 14.7 Å². The molecule has 0 aliphatic heterocycles. The van der Waals surface area contributed by atoms with E-state index in [1.54, 1.807) is 0 Å². The summed E-state index contributed by atoms with van der Waals surface area (Å²) in [6, 6.07) is 4.22. The second kappa shape index (κ2) is 6.36. The van der Waals surface area contributed by atoms with E-state index in [1.165, 1.54) is 24.4 Å². The summed E-state index contributed by atoms with van der Waals surface area (Å²) in [5.41, 5.74) is 0.565. The summed E-state index contributed by atoms with van der Waals surface area (Å²) in [5, 5.41) is 11.1. The van der Waals surface area contributed by atoms with Crippen LogP contribution >= 0.6 is 11.6 Å². The van der Waals surface area contributed by atoms with E-state index in [0.29, 0.717) is 17.0 Å². The summed E-state index contributed by atoms with van der Waals surface area (Å²) >= 11 is 4.61. The SMILES string of the molecule is CC(C)(C)[S@@+]([O-])/N=C/Cc1cc([N+](=O)[O-])ccc1Cl. The molecule has 0 saturated carbocycles. The van der Waals surface area contributed by atoms with Crippen LogP contribution in [0.4, 0.5) is 5.69 Å². The van der Waals surface area contributed by atoms with Crippen LogP contribution in [-0.4, -0.2) is 20.4 Å². The van der Waals surface area contributed by atoms with Gasteiger partial charge in [0, 0.05) is 23.6 Å². The van der Waals surface area contributed by atoms with Gasteiger partial charge < -0.3 is 4.55 Å². The molecule has 0 amide bonds. The van der Waals surface area contributed by atoms with E-state index >= 15 is 0 Å². The number of nitro benzene ring substituents is 1. The minimum atomic E-state index is -1.34. The molecule has 7 heteroatoms. The van der Waals surface area contributed by atoms with Crippen LogP contribution in [-0.2, 0) is 17.8 Å². The van der Waals surface area contributed by atoms with Gasteiger partial charge in [0.25, 0.3) is 5.69 Å². The highest BCUT2D eigenvalue weighted by Gasteiger charge is 2.25. The molecule has 104 valence electrons. The summed E-state index contributed by atoms with van der Waals surface area (Å²) in [4.78, 5) is 10.2. The monoisotopic (exact) mass is 302 g/mol. The minimum absolute atomic E-state index is 0.0234. The number of benzene rings is 1. The maximum atomic E-state index is 11.7. The normalized spacial score (nSPS) is 13.7. The summed E-state index contributed by atoms with van der Waals surface area (Å²) in [6.07, 6.45) is 1.79. The van der Waals surface area contributed by atoms with Gasteiger partial charge in [-0.25, -0.2) is 0 Å². The van der Waals surface area contributed by atoms with E-state index in [-0.39, 0.29) is 5.69 Å². The second-order valence-electron chi connectivity index (χ2n) is 4.89. The number of nitrogens with zero attached hydrogens (tertiary/aromatic N) is 2. The number of hydrogen-bond donors (Lipinski definition) is 0. The minimum Gasteiger partial charge on any atom is -0.591 e. The fraction of sp³-hybridized carbons (Fsp3) is 0.417. The quantitative estimate of drug-likeness (QED) is 0.370. The lowest BCUT2D eigenvalue weighted by molar-refractivity contribution is -0.384. The zero-order chi connectivity index (χ0) is 14.6.